The molecule has 1 aliphatic rings. The predicted molar refractivity (Wildman–Crippen MR) is 85.6 cm³/mol. The Morgan fingerprint density at radius 2 is 2.17 bits per heavy atom. The summed E-state index contributed by atoms with van der Waals surface area (Å²) in [5.41, 5.74) is 3.22. The third-order valence-corrected chi connectivity index (χ3v) is 5.62. The standard InChI is InChI=1S/C15H11F2N3OS2/c16-10-2-1-3-12(14(10)17)23-5-8-4-13(21)20-15(18-8)9-6-22-7-11(9)19-20/h1-4,21H,5-7H2. The maximum absolute atomic E-state index is 13.7. The van der Waals surface area contributed by atoms with Gasteiger partial charge in [-0.25, -0.2) is 13.8 Å². The summed E-state index contributed by atoms with van der Waals surface area (Å²) in [6.45, 7) is 0. The fourth-order valence-corrected chi connectivity index (χ4v) is 4.35. The SMILES string of the molecule is Oc1cc(CSc2cccc(F)c2F)nc2c3c(nn12)CSC3. The van der Waals surface area contributed by atoms with Gasteiger partial charge in [0.15, 0.2) is 17.3 Å². The Labute approximate surface area is 138 Å². The van der Waals surface area contributed by atoms with Crippen LogP contribution in [-0.2, 0) is 17.3 Å². The Morgan fingerprint density at radius 1 is 1.30 bits per heavy atom. The third kappa shape index (κ3) is 2.55. The van der Waals surface area contributed by atoms with Gasteiger partial charge < -0.3 is 5.11 Å². The smallest absolute Gasteiger partial charge is 0.215 e. The van der Waals surface area contributed by atoms with Crippen molar-refractivity contribution in [2.75, 3.05) is 0 Å². The Balaban J connectivity index is 1.65. The minimum absolute atomic E-state index is 0.00436. The predicted octanol–water partition coefficient (Wildman–Crippen LogP) is 3.75. The lowest BCUT2D eigenvalue weighted by Gasteiger charge is -2.06. The fourth-order valence-electron chi connectivity index (χ4n) is 2.47. The maximum Gasteiger partial charge on any atom is 0.215 e. The average Bonchev–Trinajstić information content (AvgIpc) is 3.11. The minimum atomic E-state index is -0.869. The number of rotatable bonds is 3. The van der Waals surface area contributed by atoms with Crippen molar-refractivity contribution >= 4 is 29.2 Å². The van der Waals surface area contributed by atoms with Gasteiger partial charge in [-0.3, -0.25) is 0 Å². The first-order chi connectivity index (χ1) is 11.1. The zero-order chi connectivity index (χ0) is 16.0. The van der Waals surface area contributed by atoms with Crippen LogP contribution in [0.2, 0.25) is 0 Å². The second-order valence-corrected chi connectivity index (χ2v) is 7.10. The Bertz CT molecular complexity index is 913. The molecule has 0 radical (unpaired) electrons. The topological polar surface area (TPSA) is 50.4 Å². The maximum atomic E-state index is 13.7. The molecular formula is C15H11F2N3OS2. The van der Waals surface area contributed by atoms with E-state index in [0.29, 0.717) is 17.1 Å². The highest BCUT2D eigenvalue weighted by atomic mass is 32.2. The van der Waals surface area contributed by atoms with E-state index in [4.69, 9.17) is 0 Å². The normalized spacial score (nSPS) is 13.7. The molecule has 0 aliphatic carbocycles. The zero-order valence-electron chi connectivity index (χ0n) is 11.8. The van der Waals surface area contributed by atoms with E-state index in [0.717, 1.165) is 40.6 Å². The van der Waals surface area contributed by atoms with Crippen LogP contribution < -0.4 is 0 Å². The van der Waals surface area contributed by atoms with Crippen molar-refractivity contribution in [2.24, 2.45) is 0 Å². The molecule has 1 N–H and O–H groups in total. The van der Waals surface area contributed by atoms with E-state index >= 15 is 0 Å². The van der Waals surface area contributed by atoms with Crippen molar-refractivity contribution < 1.29 is 13.9 Å². The van der Waals surface area contributed by atoms with Crippen molar-refractivity contribution in [3.05, 3.63) is 52.9 Å². The van der Waals surface area contributed by atoms with Gasteiger partial charge in [0.05, 0.1) is 11.4 Å². The van der Waals surface area contributed by atoms with Gasteiger partial charge in [0.1, 0.15) is 0 Å². The summed E-state index contributed by atoms with van der Waals surface area (Å²) in [5, 5.41) is 14.5. The molecule has 0 unspecified atom stereocenters. The molecule has 3 aromatic rings. The monoisotopic (exact) mass is 351 g/mol. The summed E-state index contributed by atoms with van der Waals surface area (Å²) in [6, 6.07) is 5.58. The van der Waals surface area contributed by atoms with E-state index in [1.165, 1.54) is 22.7 Å². The summed E-state index contributed by atoms with van der Waals surface area (Å²) in [7, 11) is 0. The van der Waals surface area contributed by atoms with Crippen LogP contribution in [0.3, 0.4) is 0 Å². The first-order valence-corrected chi connectivity index (χ1v) is 9.01. The molecule has 0 saturated heterocycles. The van der Waals surface area contributed by atoms with E-state index in [1.54, 1.807) is 11.8 Å². The van der Waals surface area contributed by atoms with Gasteiger partial charge in [-0.1, -0.05) is 6.07 Å². The minimum Gasteiger partial charge on any atom is -0.493 e. The van der Waals surface area contributed by atoms with Gasteiger partial charge in [0.2, 0.25) is 5.88 Å². The molecule has 0 bridgehead atoms. The lowest BCUT2D eigenvalue weighted by molar-refractivity contribution is 0.434. The molecule has 0 fully saturated rings. The first-order valence-electron chi connectivity index (χ1n) is 6.87. The number of aromatic hydroxyl groups is 1. The summed E-state index contributed by atoms with van der Waals surface area (Å²) in [5.74, 6) is 0.246. The molecule has 0 amide bonds. The highest BCUT2D eigenvalue weighted by Crippen LogP contribution is 2.34. The molecule has 8 heteroatoms. The second kappa shape index (κ2) is 5.68. The third-order valence-electron chi connectivity index (χ3n) is 3.58. The van der Waals surface area contributed by atoms with Crippen molar-refractivity contribution in [2.45, 2.75) is 22.2 Å². The molecular weight excluding hydrogens is 340 g/mol. The van der Waals surface area contributed by atoms with Crippen LogP contribution in [0, 0.1) is 11.6 Å². The van der Waals surface area contributed by atoms with Crippen LogP contribution in [0.5, 0.6) is 5.88 Å². The number of fused-ring (bicyclic) bond motifs is 3. The Morgan fingerprint density at radius 3 is 3.04 bits per heavy atom. The molecule has 1 aromatic carbocycles. The number of hydrogen-bond acceptors (Lipinski definition) is 5. The highest BCUT2D eigenvalue weighted by Gasteiger charge is 2.21. The lowest BCUT2D eigenvalue weighted by atomic mass is 10.3. The van der Waals surface area contributed by atoms with Crippen LogP contribution in [-0.4, -0.2) is 19.7 Å². The quantitative estimate of drug-likeness (QED) is 0.728. The molecule has 2 aromatic heterocycles. The lowest BCUT2D eigenvalue weighted by Crippen LogP contribution is -1.97. The van der Waals surface area contributed by atoms with E-state index in [1.807, 2.05) is 0 Å². The van der Waals surface area contributed by atoms with Crippen LogP contribution in [0.4, 0.5) is 8.78 Å². The summed E-state index contributed by atoms with van der Waals surface area (Å²) >= 11 is 2.90. The molecule has 118 valence electrons. The molecule has 0 saturated carbocycles. The van der Waals surface area contributed by atoms with Gasteiger partial charge in [0.25, 0.3) is 0 Å². The number of benzene rings is 1. The number of halogens is 2. The number of hydrogen-bond donors (Lipinski definition) is 1. The van der Waals surface area contributed by atoms with Crippen LogP contribution in [0.25, 0.3) is 5.65 Å². The molecule has 23 heavy (non-hydrogen) atoms. The Hall–Kier alpha value is -1.80. The van der Waals surface area contributed by atoms with Gasteiger partial charge >= 0.3 is 0 Å². The van der Waals surface area contributed by atoms with Crippen molar-refractivity contribution in [1.82, 2.24) is 14.6 Å². The van der Waals surface area contributed by atoms with Crippen LogP contribution in [0.15, 0.2) is 29.2 Å². The molecule has 4 rings (SSSR count). The van der Waals surface area contributed by atoms with Gasteiger partial charge in [-0.05, 0) is 12.1 Å². The van der Waals surface area contributed by atoms with Gasteiger partial charge in [-0.2, -0.15) is 21.4 Å². The van der Waals surface area contributed by atoms with Crippen LogP contribution in [0.1, 0.15) is 17.0 Å². The van der Waals surface area contributed by atoms with Gasteiger partial charge in [-0.15, -0.1) is 11.8 Å². The molecule has 3 heterocycles. The fraction of sp³-hybridized carbons (Fsp3) is 0.200. The zero-order valence-corrected chi connectivity index (χ0v) is 13.4. The summed E-state index contributed by atoms with van der Waals surface area (Å²) < 4.78 is 28.3. The first kappa shape index (κ1) is 14.8. The van der Waals surface area contributed by atoms with Crippen LogP contribution >= 0.6 is 23.5 Å². The van der Waals surface area contributed by atoms with E-state index in [-0.39, 0.29) is 10.8 Å². The van der Waals surface area contributed by atoms with E-state index in [2.05, 4.69) is 10.1 Å². The number of aromatic nitrogens is 3. The molecule has 0 spiro atoms. The average molecular weight is 351 g/mol. The number of nitrogens with zero attached hydrogens (tertiary/aromatic N) is 3. The van der Waals surface area contributed by atoms with Crippen molar-refractivity contribution in [1.29, 1.82) is 0 Å². The van der Waals surface area contributed by atoms with Crippen molar-refractivity contribution in [3.8, 4) is 5.88 Å². The Kier molecular flexibility index (Phi) is 3.65. The second-order valence-electron chi connectivity index (χ2n) is 5.10. The van der Waals surface area contributed by atoms with E-state index in [9.17, 15) is 13.9 Å². The molecule has 0 atom stereocenters. The summed E-state index contributed by atoms with van der Waals surface area (Å²) in [4.78, 5) is 4.75. The number of thioether (sulfide) groups is 2. The molecule has 1 aliphatic heterocycles. The van der Waals surface area contributed by atoms with E-state index < -0.39 is 11.6 Å². The van der Waals surface area contributed by atoms with Crippen molar-refractivity contribution in [3.63, 3.8) is 0 Å². The summed E-state index contributed by atoms with van der Waals surface area (Å²) in [6.07, 6.45) is 0. The molecule has 4 nitrogen and oxygen atoms in total. The largest absolute Gasteiger partial charge is 0.493 e. The highest BCUT2D eigenvalue weighted by molar-refractivity contribution is 7.98. The van der Waals surface area contributed by atoms with Gasteiger partial charge in [0, 0.05) is 33.8 Å².